The highest BCUT2D eigenvalue weighted by Crippen LogP contribution is 2.18. The van der Waals surface area contributed by atoms with E-state index in [-0.39, 0.29) is 4.80 Å². The van der Waals surface area contributed by atoms with Crippen molar-refractivity contribution in [2.45, 2.75) is 32.2 Å². The third kappa shape index (κ3) is 6.44. The van der Waals surface area contributed by atoms with E-state index in [4.69, 9.17) is 4.74 Å². The molecule has 1 aromatic heterocycles. The van der Waals surface area contributed by atoms with Crippen LogP contribution in [0.4, 0.5) is 4.39 Å². The molecule has 2 heterocycles. The highest BCUT2D eigenvalue weighted by atomic mass is 32.2. The van der Waals surface area contributed by atoms with Gasteiger partial charge in [-0.3, -0.25) is 9.59 Å². The number of halogens is 1. The fourth-order valence-corrected chi connectivity index (χ4v) is 5.71. The maximum Gasteiger partial charge on any atom is 0.263 e. The Hall–Kier alpha value is -2.11. The van der Waals surface area contributed by atoms with E-state index in [1.54, 1.807) is 15.5 Å². The Morgan fingerprint density at radius 3 is 2.55 bits per heavy atom. The first kappa shape index (κ1) is 23.6. The zero-order chi connectivity index (χ0) is 22.4. The van der Waals surface area contributed by atoms with E-state index >= 15 is 0 Å². The van der Waals surface area contributed by atoms with Crippen LogP contribution in [0.15, 0.2) is 23.2 Å². The van der Waals surface area contributed by atoms with E-state index in [1.807, 2.05) is 0 Å². The van der Waals surface area contributed by atoms with Crippen LogP contribution in [0.5, 0.6) is 0 Å². The van der Waals surface area contributed by atoms with Gasteiger partial charge in [-0.2, -0.15) is 4.99 Å². The molecule has 2 aromatic rings. The van der Waals surface area contributed by atoms with Gasteiger partial charge in [0.2, 0.25) is 5.91 Å². The van der Waals surface area contributed by atoms with E-state index in [2.05, 4.69) is 4.99 Å². The molecule has 31 heavy (non-hydrogen) atoms. The molecule has 11 heteroatoms. The minimum atomic E-state index is -3.95. The minimum Gasteiger partial charge on any atom is -0.383 e. The van der Waals surface area contributed by atoms with Crippen molar-refractivity contribution in [3.05, 3.63) is 28.8 Å². The van der Waals surface area contributed by atoms with Crippen LogP contribution >= 0.6 is 11.3 Å². The number of amides is 2. The number of thiazole rings is 1. The standard InChI is InChI=1S/C20H26FN3O5S2/c1-29-11-10-24-16-7-6-15(21)12-17(16)30-20(24)22-18(25)13-31(27,28)14-19(26)23-8-4-2-3-5-9-23/h6-7,12H,2-5,8-11,13-14H2,1H3. The second-order valence-electron chi connectivity index (χ2n) is 7.47. The van der Waals surface area contributed by atoms with Gasteiger partial charge in [0.25, 0.3) is 5.91 Å². The number of carbonyl (C=O) groups excluding carboxylic acids is 2. The number of hydrogen-bond donors (Lipinski definition) is 0. The summed E-state index contributed by atoms with van der Waals surface area (Å²) in [5.74, 6) is -3.29. The van der Waals surface area contributed by atoms with Gasteiger partial charge in [0, 0.05) is 26.7 Å². The molecule has 1 saturated heterocycles. The molecule has 0 atom stereocenters. The SMILES string of the molecule is COCCn1c(=NC(=O)CS(=O)(=O)CC(=O)N2CCCCCC2)sc2cc(F)ccc21. The van der Waals surface area contributed by atoms with E-state index in [0.717, 1.165) is 37.0 Å². The molecule has 0 bridgehead atoms. The van der Waals surface area contributed by atoms with Crippen LogP contribution in [0.3, 0.4) is 0 Å². The quantitative estimate of drug-likeness (QED) is 0.613. The first-order chi connectivity index (χ1) is 14.8. The fourth-order valence-electron chi connectivity index (χ4n) is 3.51. The summed E-state index contributed by atoms with van der Waals surface area (Å²) in [5, 5.41) is 0. The summed E-state index contributed by atoms with van der Waals surface area (Å²) in [4.78, 5) is 30.6. The molecule has 8 nitrogen and oxygen atoms in total. The molecule has 2 amide bonds. The van der Waals surface area contributed by atoms with Gasteiger partial charge in [-0.25, -0.2) is 12.8 Å². The van der Waals surface area contributed by atoms with Gasteiger partial charge in [0.1, 0.15) is 17.3 Å². The van der Waals surface area contributed by atoms with Crippen molar-refractivity contribution >= 4 is 43.2 Å². The average Bonchev–Trinajstić information content (AvgIpc) is 2.85. The van der Waals surface area contributed by atoms with Crippen molar-refractivity contribution in [1.82, 2.24) is 9.47 Å². The van der Waals surface area contributed by atoms with Crippen LogP contribution in [0.25, 0.3) is 10.2 Å². The third-order valence-corrected chi connectivity index (χ3v) is 7.44. The molecule has 1 aliphatic heterocycles. The summed E-state index contributed by atoms with van der Waals surface area (Å²) in [6, 6.07) is 4.23. The fraction of sp³-hybridized carbons (Fsp3) is 0.550. The van der Waals surface area contributed by atoms with Gasteiger partial charge in [-0.1, -0.05) is 24.2 Å². The van der Waals surface area contributed by atoms with Crippen LogP contribution in [0, 0.1) is 5.82 Å². The topological polar surface area (TPSA) is 98.0 Å². The summed E-state index contributed by atoms with van der Waals surface area (Å²) in [6.45, 7) is 1.80. The molecule has 1 fully saturated rings. The summed E-state index contributed by atoms with van der Waals surface area (Å²) in [6.07, 6.45) is 3.76. The lowest BCUT2D eigenvalue weighted by atomic mass is 10.2. The van der Waals surface area contributed by atoms with Crippen molar-refractivity contribution in [2.24, 2.45) is 4.99 Å². The molecule has 170 valence electrons. The van der Waals surface area contributed by atoms with Crippen LogP contribution in [-0.4, -0.2) is 68.0 Å². The monoisotopic (exact) mass is 471 g/mol. The number of likely N-dealkylation sites (tertiary alicyclic amines) is 1. The number of fused-ring (bicyclic) bond motifs is 1. The Morgan fingerprint density at radius 2 is 1.87 bits per heavy atom. The maximum absolute atomic E-state index is 13.6. The predicted octanol–water partition coefficient (Wildman–Crippen LogP) is 1.73. The van der Waals surface area contributed by atoms with Gasteiger partial charge in [0.15, 0.2) is 14.6 Å². The number of sulfone groups is 1. The van der Waals surface area contributed by atoms with E-state index in [1.165, 1.54) is 19.2 Å². The minimum absolute atomic E-state index is 0.261. The smallest absolute Gasteiger partial charge is 0.263 e. The second-order valence-corrected chi connectivity index (χ2v) is 10.5. The largest absolute Gasteiger partial charge is 0.383 e. The molecule has 0 N–H and O–H groups in total. The predicted molar refractivity (Wildman–Crippen MR) is 116 cm³/mol. The van der Waals surface area contributed by atoms with Crippen LogP contribution in [-0.2, 0) is 30.7 Å². The summed E-state index contributed by atoms with van der Waals surface area (Å²) in [5.41, 5.74) is 0.675. The number of rotatable bonds is 7. The molecular formula is C20H26FN3O5S2. The number of aromatic nitrogens is 1. The maximum atomic E-state index is 13.6. The lowest BCUT2D eigenvalue weighted by Gasteiger charge is -2.19. The second kappa shape index (κ2) is 10.5. The molecule has 0 spiro atoms. The molecule has 0 radical (unpaired) electrons. The molecule has 0 aliphatic carbocycles. The highest BCUT2D eigenvalue weighted by molar-refractivity contribution is 7.92. The van der Waals surface area contributed by atoms with Crippen molar-refractivity contribution in [2.75, 3.05) is 38.3 Å². The molecule has 0 saturated carbocycles. The van der Waals surface area contributed by atoms with Crippen molar-refractivity contribution in [1.29, 1.82) is 0 Å². The zero-order valence-electron chi connectivity index (χ0n) is 17.4. The average molecular weight is 472 g/mol. The van der Waals surface area contributed by atoms with Crippen LogP contribution < -0.4 is 4.80 Å². The summed E-state index contributed by atoms with van der Waals surface area (Å²) < 4.78 is 45.8. The van der Waals surface area contributed by atoms with E-state index in [9.17, 15) is 22.4 Å². The number of benzene rings is 1. The molecule has 3 rings (SSSR count). The molecule has 1 aliphatic rings. The van der Waals surface area contributed by atoms with Gasteiger partial charge in [-0.15, -0.1) is 0 Å². The Kier molecular flexibility index (Phi) is 7.95. The number of methoxy groups -OCH3 is 1. The van der Waals surface area contributed by atoms with Crippen LogP contribution in [0.1, 0.15) is 25.7 Å². The Labute approximate surface area is 184 Å². The summed E-state index contributed by atoms with van der Waals surface area (Å²) in [7, 11) is -2.42. The molecule has 0 unspecified atom stereocenters. The zero-order valence-corrected chi connectivity index (χ0v) is 19.0. The highest BCUT2D eigenvalue weighted by Gasteiger charge is 2.25. The number of hydrogen-bond acceptors (Lipinski definition) is 6. The van der Waals surface area contributed by atoms with Crippen molar-refractivity contribution in [3.63, 3.8) is 0 Å². The molecular weight excluding hydrogens is 445 g/mol. The van der Waals surface area contributed by atoms with E-state index in [0.29, 0.717) is 36.5 Å². The normalized spacial score (nSPS) is 15.9. The first-order valence-corrected chi connectivity index (χ1v) is 12.8. The van der Waals surface area contributed by atoms with Gasteiger partial charge in [0.05, 0.1) is 16.8 Å². The van der Waals surface area contributed by atoms with Gasteiger partial charge < -0.3 is 14.2 Å². The molecule has 1 aromatic carbocycles. The first-order valence-electron chi connectivity index (χ1n) is 10.1. The lowest BCUT2D eigenvalue weighted by Crippen LogP contribution is -2.37. The van der Waals surface area contributed by atoms with Crippen molar-refractivity contribution in [3.8, 4) is 0 Å². The van der Waals surface area contributed by atoms with Crippen molar-refractivity contribution < 1.29 is 27.1 Å². The Bertz CT molecular complexity index is 1120. The third-order valence-electron chi connectivity index (χ3n) is 5.03. The Balaban J connectivity index is 1.77. The van der Waals surface area contributed by atoms with Gasteiger partial charge in [-0.05, 0) is 31.0 Å². The van der Waals surface area contributed by atoms with Crippen LogP contribution in [0.2, 0.25) is 0 Å². The van der Waals surface area contributed by atoms with E-state index < -0.39 is 39.0 Å². The number of carbonyl (C=O) groups is 2. The lowest BCUT2D eigenvalue weighted by molar-refractivity contribution is -0.128. The number of ether oxygens (including phenoxy) is 1. The number of nitrogens with zero attached hydrogens (tertiary/aromatic N) is 3. The van der Waals surface area contributed by atoms with Gasteiger partial charge >= 0.3 is 0 Å². The Morgan fingerprint density at radius 1 is 1.16 bits per heavy atom. The summed E-state index contributed by atoms with van der Waals surface area (Å²) >= 11 is 1.09.